The number of hydrogen-bond donors (Lipinski definition) is 2. The third-order valence-corrected chi connectivity index (χ3v) is 3.50. The van der Waals surface area contributed by atoms with Gasteiger partial charge in [-0.25, -0.2) is 4.39 Å². The van der Waals surface area contributed by atoms with Crippen molar-refractivity contribution in [2.75, 3.05) is 30.9 Å². The van der Waals surface area contributed by atoms with Gasteiger partial charge in [0.2, 0.25) is 0 Å². The molecule has 2 aromatic carbocycles. The Morgan fingerprint density at radius 3 is 2.58 bits per heavy atom. The van der Waals surface area contributed by atoms with Gasteiger partial charge in [-0.1, -0.05) is 0 Å². The van der Waals surface area contributed by atoms with Crippen LogP contribution in [0.2, 0.25) is 0 Å². The standard InChI is InChI=1S/C18H21FN2O3/c1-4-24-17-8-5-13(9-12(17)11-22)20-18(23)15-7-6-14(21(2)3)10-16(15)19/h5-10,22H,4,11H2,1-3H3,(H,20,23). The summed E-state index contributed by atoms with van der Waals surface area (Å²) in [6, 6.07) is 9.35. The van der Waals surface area contributed by atoms with E-state index in [9.17, 15) is 14.3 Å². The van der Waals surface area contributed by atoms with Crippen LogP contribution in [-0.2, 0) is 6.61 Å². The van der Waals surface area contributed by atoms with Gasteiger partial charge < -0.3 is 20.1 Å². The van der Waals surface area contributed by atoms with Gasteiger partial charge >= 0.3 is 0 Å². The molecule has 2 N–H and O–H groups in total. The van der Waals surface area contributed by atoms with Crippen molar-refractivity contribution in [2.24, 2.45) is 0 Å². The van der Waals surface area contributed by atoms with Gasteiger partial charge in [-0.3, -0.25) is 4.79 Å². The minimum atomic E-state index is -0.591. The molecule has 1 amide bonds. The van der Waals surface area contributed by atoms with Crippen LogP contribution < -0.4 is 15.0 Å². The molecule has 0 heterocycles. The number of rotatable bonds is 6. The summed E-state index contributed by atoms with van der Waals surface area (Å²) >= 11 is 0. The highest BCUT2D eigenvalue weighted by Gasteiger charge is 2.14. The van der Waals surface area contributed by atoms with Gasteiger partial charge in [0.25, 0.3) is 5.91 Å². The zero-order valence-electron chi connectivity index (χ0n) is 14.0. The molecule has 0 bridgehead atoms. The van der Waals surface area contributed by atoms with E-state index in [2.05, 4.69) is 5.32 Å². The number of anilines is 2. The van der Waals surface area contributed by atoms with Crippen LogP contribution in [0.4, 0.5) is 15.8 Å². The number of nitrogens with one attached hydrogen (secondary N) is 1. The fourth-order valence-corrected chi connectivity index (χ4v) is 2.24. The summed E-state index contributed by atoms with van der Waals surface area (Å²) in [6.07, 6.45) is 0. The van der Waals surface area contributed by atoms with Crippen LogP contribution >= 0.6 is 0 Å². The fraction of sp³-hybridized carbons (Fsp3) is 0.278. The fourth-order valence-electron chi connectivity index (χ4n) is 2.24. The van der Waals surface area contributed by atoms with Crippen LogP contribution in [0, 0.1) is 5.82 Å². The maximum absolute atomic E-state index is 14.1. The van der Waals surface area contributed by atoms with Crippen molar-refractivity contribution in [3.63, 3.8) is 0 Å². The highest BCUT2D eigenvalue weighted by Crippen LogP contribution is 2.24. The van der Waals surface area contributed by atoms with E-state index in [1.165, 1.54) is 12.1 Å². The van der Waals surface area contributed by atoms with Crippen LogP contribution in [0.3, 0.4) is 0 Å². The molecule has 2 rings (SSSR count). The topological polar surface area (TPSA) is 61.8 Å². The number of hydrogen-bond acceptors (Lipinski definition) is 4. The first-order chi connectivity index (χ1) is 11.5. The van der Waals surface area contributed by atoms with E-state index in [0.29, 0.717) is 29.3 Å². The van der Waals surface area contributed by atoms with Crippen molar-refractivity contribution in [1.82, 2.24) is 0 Å². The average Bonchev–Trinajstić information content (AvgIpc) is 2.56. The van der Waals surface area contributed by atoms with Gasteiger partial charge in [0.15, 0.2) is 0 Å². The highest BCUT2D eigenvalue weighted by atomic mass is 19.1. The molecule has 0 atom stereocenters. The molecule has 24 heavy (non-hydrogen) atoms. The van der Waals surface area contributed by atoms with E-state index in [1.54, 1.807) is 43.3 Å². The first-order valence-electron chi connectivity index (χ1n) is 7.61. The van der Waals surface area contributed by atoms with Crippen molar-refractivity contribution in [3.05, 3.63) is 53.3 Å². The summed E-state index contributed by atoms with van der Waals surface area (Å²) in [5.41, 5.74) is 1.65. The Hall–Kier alpha value is -2.60. The molecule has 5 nitrogen and oxygen atoms in total. The lowest BCUT2D eigenvalue weighted by Gasteiger charge is -2.14. The van der Waals surface area contributed by atoms with Crippen LogP contribution in [0.5, 0.6) is 5.75 Å². The van der Waals surface area contributed by atoms with Gasteiger partial charge in [-0.2, -0.15) is 0 Å². The third kappa shape index (κ3) is 4.02. The van der Waals surface area contributed by atoms with Crippen molar-refractivity contribution < 1.29 is 19.0 Å². The molecule has 0 aromatic heterocycles. The Balaban J connectivity index is 2.20. The lowest BCUT2D eigenvalue weighted by atomic mass is 10.1. The Morgan fingerprint density at radius 2 is 2.00 bits per heavy atom. The summed E-state index contributed by atoms with van der Waals surface area (Å²) in [4.78, 5) is 14.0. The molecular weight excluding hydrogens is 311 g/mol. The molecule has 0 spiro atoms. The Kier molecular flexibility index (Phi) is 5.76. The molecule has 0 unspecified atom stereocenters. The third-order valence-electron chi connectivity index (χ3n) is 3.50. The van der Waals surface area contributed by atoms with Crippen molar-refractivity contribution >= 4 is 17.3 Å². The van der Waals surface area contributed by atoms with Gasteiger partial charge in [0.1, 0.15) is 11.6 Å². The van der Waals surface area contributed by atoms with Gasteiger partial charge in [0, 0.05) is 31.0 Å². The summed E-state index contributed by atoms with van der Waals surface area (Å²) < 4.78 is 19.5. The smallest absolute Gasteiger partial charge is 0.258 e. The normalized spacial score (nSPS) is 10.4. The van der Waals surface area contributed by atoms with E-state index >= 15 is 0 Å². The molecule has 0 saturated carbocycles. The number of carbonyl (C=O) groups excluding carboxylic acids is 1. The molecule has 0 aliphatic rings. The monoisotopic (exact) mass is 332 g/mol. The maximum Gasteiger partial charge on any atom is 0.258 e. The summed E-state index contributed by atoms with van der Waals surface area (Å²) in [5, 5.41) is 12.0. The lowest BCUT2D eigenvalue weighted by molar-refractivity contribution is 0.102. The van der Waals surface area contributed by atoms with Crippen molar-refractivity contribution in [3.8, 4) is 5.75 Å². The number of nitrogens with zero attached hydrogens (tertiary/aromatic N) is 1. The Labute approximate surface area is 140 Å². The highest BCUT2D eigenvalue weighted by molar-refractivity contribution is 6.04. The molecule has 6 heteroatoms. The lowest BCUT2D eigenvalue weighted by Crippen LogP contribution is -2.15. The molecule has 0 radical (unpaired) electrons. The summed E-state index contributed by atoms with van der Waals surface area (Å²) in [7, 11) is 3.59. The second kappa shape index (κ2) is 7.79. The van der Waals surface area contributed by atoms with E-state index in [1.807, 2.05) is 6.92 Å². The average molecular weight is 332 g/mol. The van der Waals surface area contributed by atoms with Crippen LogP contribution in [-0.4, -0.2) is 31.7 Å². The van der Waals surface area contributed by atoms with Gasteiger partial charge in [-0.15, -0.1) is 0 Å². The SMILES string of the molecule is CCOc1ccc(NC(=O)c2ccc(N(C)C)cc2F)cc1CO. The van der Waals surface area contributed by atoms with Crippen LogP contribution in [0.1, 0.15) is 22.8 Å². The quantitative estimate of drug-likeness (QED) is 0.853. The molecule has 0 aliphatic heterocycles. The summed E-state index contributed by atoms with van der Waals surface area (Å²) in [6.45, 7) is 2.10. The molecule has 0 fully saturated rings. The number of benzene rings is 2. The minimum absolute atomic E-state index is 0.0416. The largest absolute Gasteiger partial charge is 0.494 e. The predicted octanol–water partition coefficient (Wildman–Crippen LogP) is 3.04. The molecular formula is C18H21FN2O3. The second-order valence-corrected chi connectivity index (χ2v) is 5.43. The van der Waals surface area contributed by atoms with Crippen molar-refractivity contribution in [1.29, 1.82) is 0 Å². The van der Waals surface area contributed by atoms with Crippen LogP contribution in [0.15, 0.2) is 36.4 Å². The zero-order chi connectivity index (χ0) is 17.7. The number of ether oxygens (including phenoxy) is 1. The van der Waals surface area contributed by atoms with Crippen molar-refractivity contribution in [2.45, 2.75) is 13.5 Å². The number of aliphatic hydroxyl groups excluding tert-OH is 1. The number of carbonyl (C=O) groups is 1. The van der Waals surface area contributed by atoms with E-state index < -0.39 is 11.7 Å². The first kappa shape index (κ1) is 17.7. The molecule has 128 valence electrons. The Morgan fingerprint density at radius 1 is 1.25 bits per heavy atom. The number of aliphatic hydroxyl groups is 1. The maximum atomic E-state index is 14.1. The molecule has 2 aromatic rings. The minimum Gasteiger partial charge on any atom is -0.494 e. The van der Waals surface area contributed by atoms with Gasteiger partial charge in [-0.05, 0) is 43.3 Å². The number of amides is 1. The second-order valence-electron chi connectivity index (χ2n) is 5.43. The van der Waals surface area contributed by atoms with Crippen LogP contribution in [0.25, 0.3) is 0 Å². The molecule has 0 saturated heterocycles. The summed E-state index contributed by atoms with van der Waals surface area (Å²) in [5.74, 6) is -0.586. The Bertz CT molecular complexity index is 732. The predicted molar refractivity (Wildman–Crippen MR) is 92.2 cm³/mol. The van der Waals surface area contributed by atoms with E-state index in [4.69, 9.17) is 4.74 Å². The van der Waals surface area contributed by atoms with Gasteiger partial charge in [0.05, 0.1) is 18.8 Å². The number of halogens is 1. The van der Waals surface area contributed by atoms with E-state index in [-0.39, 0.29) is 12.2 Å². The van der Waals surface area contributed by atoms with E-state index in [0.717, 1.165) is 0 Å². The first-order valence-corrected chi connectivity index (χ1v) is 7.61. The molecule has 0 aliphatic carbocycles. The zero-order valence-corrected chi connectivity index (χ0v) is 14.0.